The van der Waals surface area contributed by atoms with Gasteiger partial charge >= 0.3 is 0 Å². The van der Waals surface area contributed by atoms with E-state index in [2.05, 4.69) is 5.32 Å². The number of carbonyl (C=O) groups is 1. The zero-order chi connectivity index (χ0) is 12.7. The molecule has 0 bridgehead atoms. The highest BCUT2D eigenvalue weighted by atomic mass is 32.1. The Morgan fingerprint density at radius 1 is 1.50 bits per heavy atom. The van der Waals surface area contributed by atoms with E-state index >= 15 is 0 Å². The fourth-order valence-electron chi connectivity index (χ4n) is 1.94. The van der Waals surface area contributed by atoms with Crippen molar-refractivity contribution in [3.05, 3.63) is 22.4 Å². The van der Waals surface area contributed by atoms with Crippen LogP contribution in [0.25, 0.3) is 9.40 Å². The summed E-state index contributed by atoms with van der Waals surface area (Å²) in [5.41, 5.74) is 5.68. The van der Waals surface area contributed by atoms with Crippen LogP contribution in [0.4, 0.5) is 0 Å². The van der Waals surface area contributed by atoms with Gasteiger partial charge in [-0.2, -0.15) is 0 Å². The van der Waals surface area contributed by atoms with Gasteiger partial charge in [0.15, 0.2) is 0 Å². The Hall–Kier alpha value is -0.980. The largest absolute Gasteiger partial charge is 0.392 e. The molecule has 0 aliphatic heterocycles. The molecule has 18 heavy (non-hydrogen) atoms. The van der Waals surface area contributed by atoms with Crippen LogP contribution in [0.5, 0.6) is 0 Å². The van der Waals surface area contributed by atoms with Crippen molar-refractivity contribution in [2.45, 2.75) is 18.9 Å². The molecule has 3 rings (SSSR count). The summed E-state index contributed by atoms with van der Waals surface area (Å²) in [5, 5.41) is 4.99. The first-order valence-electron chi connectivity index (χ1n) is 5.72. The highest BCUT2D eigenvalue weighted by Crippen LogP contribution is 2.34. The van der Waals surface area contributed by atoms with Crippen LogP contribution in [-0.2, 0) is 0 Å². The van der Waals surface area contributed by atoms with Crippen molar-refractivity contribution in [3.63, 3.8) is 0 Å². The Morgan fingerprint density at radius 2 is 2.28 bits per heavy atom. The molecule has 0 radical (unpaired) electrons. The first kappa shape index (κ1) is 12.1. The maximum Gasteiger partial charge on any atom is 0.261 e. The average molecular weight is 296 g/mol. The molecule has 2 aromatic heterocycles. The van der Waals surface area contributed by atoms with Crippen molar-refractivity contribution in [3.8, 4) is 0 Å². The zero-order valence-electron chi connectivity index (χ0n) is 9.51. The molecule has 1 aliphatic carbocycles. The fourth-order valence-corrected chi connectivity index (χ4v) is 4.20. The molecule has 1 aliphatic rings. The van der Waals surface area contributed by atoms with Crippen molar-refractivity contribution in [2.24, 2.45) is 11.7 Å². The Labute approximate surface area is 118 Å². The van der Waals surface area contributed by atoms with E-state index in [1.54, 1.807) is 11.3 Å². The van der Waals surface area contributed by atoms with E-state index in [1.165, 1.54) is 11.3 Å². The molecule has 94 valence electrons. The lowest BCUT2D eigenvalue weighted by atomic mass is 10.2. The van der Waals surface area contributed by atoms with Crippen molar-refractivity contribution >= 4 is 55.2 Å². The first-order chi connectivity index (χ1) is 8.65. The van der Waals surface area contributed by atoms with Crippen LogP contribution >= 0.6 is 34.9 Å². The van der Waals surface area contributed by atoms with Gasteiger partial charge in [-0.05, 0) is 36.3 Å². The second kappa shape index (κ2) is 4.60. The number of rotatable bonds is 4. The molecule has 1 fully saturated rings. The molecule has 3 nitrogen and oxygen atoms in total. The number of nitrogens with two attached hydrogens (primary N) is 1. The quantitative estimate of drug-likeness (QED) is 0.853. The molecule has 1 saturated carbocycles. The summed E-state index contributed by atoms with van der Waals surface area (Å²) < 4.78 is 2.31. The van der Waals surface area contributed by atoms with Gasteiger partial charge in [-0.1, -0.05) is 12.2 Å². The third kappa shape index (κ3) is 2.28. The van der Waals surface area contributed by atoms with Gasteiger partial charge in [0.1, 0.15) is 0 Å². The Balaban J connectivity index is 1.77. The van der Waals surface area contributed by atoms with Crippen LogP contribution in [0.3, 0.4) is 0 Å². The summed E-state index contributed by atoms with van der Waals surface area (Å²) in [6.07, 6.45) is 2.20. The number of fused-ring (bicyclic) bond motifs is 1. The Kier molecular flexibility index (Phi) is 3.09. The Bertz CT molecular complexity index is 583. The standard InChI is InChI=1S/C12H12N2OS3/c13-11(16)10(6-1-2-6)14-12(15)9-5-8-7(18-9)3-4-17-8/h3-6,10H,1-2H2,(H2,13,16)(H,14,15). The zero-order valence-corrected chi connectivity index (χ0v) is 12.0. The number of carbonyl (C=O) groups excluding carboxylic acids is 1. The molecule has 1 atom stereocenters. The summed E-state index contributed by atoms with van der Waals surface area (Å²) in [6.45, 7) is 0. The van der Waals surface area contributed by atoms with Gasteiger partial charge in [0, 0.05) is 9.40 Å². The van der Waals surface area contributed by atoms with Gasteiger partial charge in [0.2, 0.25) is 0 Å². The van der Waals surface area contributed by atoms with Gasteiger partial charge in [-0.3, -0.25) is 4.79 Å². The monoisotopic (exact) mass is 296 g/mol. The molecule has 0 saturated heterocycles. The number of thiophene rings is 2. The maximum atomic E-state index is 12.1. The molecule has 0 spiro atoms. The minimum Gasteiger partial charge on any atom is -0.392 e. The fraction of sp³-hybridized carbons (Fsp3) is 0.333. The van der Waals surface area contributed by atoms with Crippen LogP contribution in [0.1, 0.15) is 22.5 Å². The highest BCUT2D eigenvalue weighted by molar-refractivity contribution is 7.80. The van der Waals surface area contributed by atoms with Gasteiger partial charge in [0.05, 0.1) is 15.9 Å². The SMILES string of the molecule is NC(=S)C(NC(=O)c1cc2sccc2s1)C1CC1. The summed E-state index contributed by atoms with van der Waals surface area (Å²) >= 11 is 8.18. The molecular weight excluding hydrogens is 284 g/mol. The molecule has 1 amide bonds. The molecule has 2 heterocycles. The van der Waals surface area contributed by atoms with Gasteiger partial charge in [-0.15, -0.1) is 22.7 Å². The highest BCUT2D eigenvalue weighted by Gasteiger charge is 2.34. The van der Waals surface area contributed by atoms with E-state index in [0.717, 1.165) is 27.1 Å². The predicted molar refractivity (Wildman–Crippen MR) is 80.5 cm³/mol. The van der Waals surface area contributed by atoms with Gasteiger partial charge < -0.3 is 11.1 Å². The number of nitrogens with one attached hydrogen (secondary N) is 1. The lowest BCUT2D eigenvalue weighted by molar-refractivity contribution is 0.0948. The molecule has 2 aromatic rings. The van der Waals surface area contributed by atoms with Crippen molar-refractivity contribution in [1.29, 1.82) is 0 Å². The minimum atomic E-state index is -0.146. The summed E-state index contributed by atoms with van der Waals surface area (Å²) in [5.74, 6) is 0.376. The molecule has 1 unspecified atom stereocenters. The summed E-state index contributed by atoms with van der Waals surface area (Å²) in [6, 6.07) is 3.82. The van der Waals surface area contributed by atoms with E-state index in [0.29, 0.717) is 10.9 Å². The number of thiocarbonyl (C=S) groups is 1. The minimum absolute atomic E-state index is 0.0619. The van der Waals surface area contributed by atoms with E-state index in [4.69, 9.17) is 18.0 Å². The van der Waals surface area contributed by atoms with Gasteiger partial charge in [-0.25, -0.2) is 0 Å². The second-order valence-corrected chi connectivity index (χ2v) is 6.95. The molecule has 6 heteroatoms. The number of hydrogen-bond donors (Lipinski definition) is 2. The Morgan fingerprint density at radius 3 is 2.89 bits per heavy atom. The molecule has 3 N–H and O–H groups in total. The van der Waals surface area contributed by atoms with Crippen LogP contribution in [0.15, 0.2) is 17.5 Å². The number of hydrogen-bond acceptors (Lipinski definition) is 4. The van der Waals surface area contributed by atoms with Crippen LogP contribution < -0.4 is 11.1 Å². The lowest BCUT2D eigenvalue weighted by Gasteiger charge is -2.15. The summed E-state index contributed by atoms with van der Waals surface area (Å²) in [7, 11) is 0. The molecular formula is C12H12N2OS3. The third-order valence-electron chi connectivity index (χ3n) is 3.05. The van der Waals surface area contributed by atoms with E-state index in [9.17, 15) is 4.79 Å². The average Bonchev–Trinajstić information content (AvgIpc) is 2.91. The van der Waals surface area contributed by atoms with Crippen LogP contribution in [-0.4, -0.2) is 16.9 Å². The summed E-state index contributed by atoms with van der Waals surface area (Å²) in [4.78, 5) is 13.3. The molecule has 0 aromatic carbocycles. The van der Waals surface area contributed by atoms with E-state index in [-0.39, 0.29) is 11.9 Å². The predicted octanol–water partition coefficient (Wildman–Crippen LogP) is 2.76. The van der Waals surface area contributed by atoms with E-state index in [1.807, 2.05) is 17.5 Å². The third-order valence-corrected chi connectivity index (χ3v) is 5.40. The second-order valence-electron chi connectivity index (χ2n) is 4.45. The first-order valence-corrected chi connectivity index (χ1v) is 7.83. The maximum absolute atomic E-state index is 12.1. The smallest absolute Gasteiger partial charge is 0.261 e. The van der Waals surface area contributed by atoms with Crippen LogP contribution in [0.2, 0.25) is 0 Å². The number of amides is 1. The van der Waals surface area contributed by atoms with Crippen molar-refractivity contribution in [2.75, 3.05) is 0 Å². The topological polar surface area (TPSA) is 55.1 Å². The lowest BCUT2D eigenvalue weighted by Crippen LogP contribution is -2.44. The van der Waals surface area contributed by atoms with Crippen molar-refractivity contribution in [1.82, 2.24) is 5.32 Å². The van der Waals surface area contributed by atoms with E-state index < -0.39 is 0 Å². The van der Waals surface area contributed by atoms with Crippen molar-refractivity contribution < 1.29 is 4.79 Å². The van der Waals surface area contributed by atoms with Gasteiger partial charge in [0.25, 0.3) is 5.91 Å². The van der Waals surface area contributed by atoms with Crippen LogP contribution in [0, 0.1) is 5.92 Å². The normalized spacial score (nSPS) is 16.7.